The van der Waals surface area contributed by atoms with Crippen molar-refractivity contribution in [3.8, 4) is 0 Å². The van der Waals surface area contributed by atoms with Crippen LogP contribution in [-0.4, -0.2) is 15.4 Å². The summed E-state index contributed by atoms with van der Waals surface area (Å²) in [5.74, 6) is 0.721. The molecule has 1 aromatic heterocycles. The maximum Gasteiger partial charge on any atom is 0.282 e. The molecule has 0 bridgehead atoms. The lowest BCUT2D eigenvalue weighted by molar-refractivity contribution is 0.647. The highest BCUT2D eigenvalue weighted by atomic mass is 79.9. The summed E-state index contributed by atoms with van der Waals surface area (Å²) >= 11 is 3.44. The molecule has 3 aromatic rings. The second kappa shape index (κ2) is 8.41. The van der Waals surface area contributed by atoms with Gasteiger partial charge in [0.2, 0.25) is 0 Å². The van der Waals surface area contributed by atoms with Gasteiger partial charge in [-0.15, -0.1) is 0 Å². The molecule has 0 fully saturated rings. The Balaban J connectivity index is 2.10. The molecule has 0 aliphatic rings. The fraction of sp³-hybridized carbons (Fsp3) is 0.286. The summed E-state index contributed by atoms with van der Waals surface area (Å²) in [5.41, 5.74) is 2.39. The Hall–Kier alpha value is -2.27. The third-order valence-corrected chi connectivity index (χ3v) is 4.87. The van der Waals surface area contributed by atoms with Crippen molar-refractivity contribution in [3.05, 3.63) is 74.7 Å². The van der Waals surface area contributed by atoms with Crippen LogP contribution in [0, 0.1) is 0 Å². The van der Waals surface area contributed by atoms with Gasteiger partial charge >= 0.3 is 0 Å². The van der Waals surface area contributed by atoms with Crippen molar-refractivity contribution in [1.82, 2.24) is 9.66 Å². The molecule has 0 unspecified atom stereocenters. The standard InChI is InChI=1S/C21H22BrN3O/c1-3-4-5-10-20-23-19-9-7-6-8-18(19)21(26)25(20)24-15(2)16-11-13-17(22)14-12-16/h6-9,11-14H,3-5,10H2,1-2H3/b24-15+. The molecule has 0 atom stereocenters. The molecule has 3 rings (SSSR count). The summed E-state index contributed by atoms with van der Waals surface area (Å²) in [4.78, 5) is 17.7. The van der Waals surface area contributed by atoms with Crippen LogP contribution in [-0.2, 0) is 6.42 Å². The molecule has 0 saturated carbocycles. The van der Waals surface area contributed by atoms with Crippen LogP contribution in [0.3, 0.4) is 0 Å². The lowest BCUT2D eigenvalue weighted by Crippen LogP contribution is -2.23. The van der Waals surface area contributed by atoms with E-state index in [0.29, 0.717) is 5.39 Å². The Kier molecular flexibility index (Phi) is 5.99. The summed E-state index contributed by atoms with van der Waals surface area (Å²) in [5, 5.41) is 5.23. The summed E-state index contributed by atoms with van der Waals surface area (Å²) in [6.07, 6.45) is 3.97. The van der Waals surface area contributed by atoms with Gasteiger partial charge in [-0.1, -0.05) is 60.0 Å². The van der Waals surface area contributed by atoms with Crippen LogP contribution in [0.1, 0.15) is 44.5 Å². The van der Waals surface area contributed by atoms with Gasteiger partial charge in [0, 0.05) is 10.9 Å². The fourth-order valence-electron chi connectivity index (χ4n) is 2.87. The van der Waals surface area contributed by atoms with Gasteiger partial charge in [-0.05, 0) is 43.2 Å². The van der Waals surface area contributed by atoms with Crippen molar-refractivity contribution < 1.29 is 0 Å². The first-order valence-corrected chi connectivity index (χ1v) is 9.71. The maximum atomic E-state index is 13.0. The quantitative estimate of drug-likeness (QED) is 0.415. The molecule has 134 valence electrons. The van der Waals surface area contributed by atoms with Crippen LogP contribution in [0.5, 0.6) is 0 Å². The van der Waals surface area contributed by atoms with Crippen LogP contribution >= 0.6 is 15.9 Å². The summed E-state index contributed by atoms with van der Waals surface area (Å²) in [6, 6.07) is 15.4. The van der Waals surface area contributed by atoms with Gasteiger partial charge < -0.3 is 0 Å². The minimum Gasteiger partial charge on any atom is -0.267 e. The van der Waals surface area contributed by atoms with Crippen molar-refractivity contribution >= 4 is 32.5 Å². The number of rotatable bonds is 6. The number of halogens is 1. The Bertz CT molecular complexity index is 990. The maximum absolute atomic E-state index is 13.0. The highest BCUT2D eigenvalue weighted by molar-refractivity contribution is 9.10. The zero-order valence-corrected chi connectivity index (χ0v) is 16.7. The van der Waals surface area contributed by atoms with Crippen molar-refractivity contribution in [2.45, 2.75) is 39.5 Å². The predicted molar refractivity (Wildman–Crippen MR) is 111 cm³/mol. The first-order valence-electron chi connectivity index (χ1n) is 8.92. The zero-order valence-electron chi connectivity index (χ0n) is 15.1. The van der Waals surface area contributed by atoms with Gasteiger partial charge in [-0.2, -0.15) is 9.78 Å². The van der Waals surface area contributed by atoms with E-state index in [0.717, 1.165) is 52.8 Å². The smallest absolute Gasteiger partial charge is 0.267 e. The Morgan fingerprint density at radius 2 is 1.85 bits per heavy atom. The van der Waals surface area contributed by atoms with E-state index in [9.17, 15) is 4.79 Å². The van der Waals surface area contributed by atoms with Crippen LogP contribution < -0.4 is 5.56 Å². The van der Waals surface area contributed by atoms with Gasteiger partial charge in [-0.25, -0.2) is 4.98 Å². The number of hydrogen-bond acceptors (Lipinski definition) is 3. The van der Waals surface area contributed by atoms with Gasteiger partial charge in [0.25, 0.3) is 5.56 Å². The van der Waals surface area contributed by atoms with Crippen molar-refractivity contribution in [2.24, 2.45) is 5.10 Å². The second-order valence-corrected chi connectivity index (χ2v) is 7.23. The Morgan fingerprint density at radius 3 is 2.58 bits per heavy atom. The molecule has 26 heavy (non-hydrogen) atoms. The lowest BCUT2D eigenvalue weighted by atomic mass is 10.1. The average Bonchev–Trinajstić information content (AvgIpc) is 2.65. The second-order valence-electron chi connectivity index (χ2n) is 6.31. The van der Waals surface area contributed by atoms with Gasteiger partial charge in [0.05, 0.1) is 16.6 Å². The number of nitrogens with zero attached hydrogens (tertiary/aromatic N) is 3. The van der Waals surface area contributed by atoms with Gasteiger partial charge in [0.1, 0.15) is 5.82 Å². The highest BCUT2D eigenvalue weighted by Crippen LogP contribution is 2.13. The van der Waals surface area contributed by atoms with E-state index < -0.39 is 0 Å². The van der Waals surface area contributed by atoms with E-state index in [4.69, 9.17) is 4.98 Å². The van der Waals surface area contributed by atoms with E-state index in [1.165, 1.54) is 4.68 Å². The van der Waals surface area contributed by atoms with Crippen LogP contribution in [0.25, 0.3) is 10.9 Å². The lowest BCUT2D eigenvalue weighted by Gasteiger charge is -2.10. The summed E-state index contributed by atoms with van der Waals surface area (Å²) in [6.45, 7) is 4.08. The van der Waals surface area contributed by atoms with Crippen LogP contribution in [0.4, 0.5) is 0 Å². The predicted octanol–water partition coefficient (Wildman–Crippen LogP) is 5.16. The molecule has 2 aromatic carbocycles. The largest absolute Gasteiger partial charge is 0.282 e. The number of hydrogen-bond donors (Lipinski definition) is 0. The van der Waals surface area contributed by atoms with Crippen molar-refractivity contribution in [1.29, 1.82) is 0 Å². The molecule has 5 heteroatoms. The topological polar surface area (TPSA) is 47.2 Å². The zero-order chi connectivity index (χ0) is 18.5. The van der Waals surface area contributed by atoms with E-state index in [1.807, 2.05) is 55.5 Å². The molecule has 0 N–H and O–H groups in total. The molecule has 1 heterocycles. The number of fused-ring (bicyclic) bond motifs is 1. The minimum absolute atomic E-state index is 0.112. The third kappa shape index (κ3) is 4.10. The number of benzene rings is 2. The number of aryl methyl sites for hydroxylation is 1. The van der Waals surface area contributed by atoms with E-state index in [1.54, 1.807) is 0 Å². The molecular weight excluding hydrogens is 390 g/mol. The monoisotopic (exact) mass is 411 g/mol. The molecule has 0 radical (unpaired) electrons. The average molecular weight is 412 g/mol. The van der Waals surface area contributed by atoms with Gasteiger partial charge in [-0.3, -0.25) is 4.79 Å². The van der Waals surface area contributed by atoms with Gasteiger partial charge in [0.15, 0.2) is 0 Å². The first-order chi connectivity index (χ1) is 12.6. The third-order valence-electron chi connectivity index (χ3n) is 4.34. The van der Waals surface area contributed by atoms with Crippen molar-refractivity contribution in [3.63, 3.8) is 0 Å². The Labute approximate surface area is 161 Å². The number of unbranched alkanes of at least 4 members (excludes halogenated alkanes) is 2. The molecule has 0 spiro atoms. The van der Waals surface area contributed by atoms with E-state index in [-0.39, 0.29) is 5.56 Å². The fourth-order valence-corrected chi connectivity index (χ4v) is 3.13. The first kappa shape index (κ1) is 18.5. The minimum atomic E-state index is -0.112. The molecule has 0 aliphatic heterocycles. The molecule has 0 aliphatic carbocycles. The molecule has 0 saturated heterocycles. The number of aromatic nitrogens is 2. The molecule has 0 amide bonds. The highest BCUT2D eigenvalue weighted by Gasteiger charge is 2.11. The number of para-hydroxylation sites is 1. The summed E-state index contributed by atoms with van der Waals surface area (Å²) in [7, 11) is 0. The molecule has 4 nitrogen and oxygen atoms in total. The Morgan fingerprint density at radius 1 is 1.12 bits per heavy atom. The normalized spacial score (nSPS) is 11.9. The summed E-state index contributed by atoms with van der Waals surface area (Å²) < 4.78 is 2.49. The van der Waals surface area contributed by atoms with Crippen molar-refractivity contribution in [2.75, 3.05) is 0 Å². The molecular formula is C21H22BrN3O. The SMILES string of the molecule is CCCCCc1nc2ccccc2c(=O)n1/N=C(\C)c1ccc(Br)cc1. The van der Waals surface area contributed by atoms with E-state index in [2.05, 4.69) is 28.0 Å². The van der Waals surface area contributed by atoms with Crippen LogP contribution in [0.15, 0.2) is 62.9 Å². The van der Waals surface area contributed by atoms with Crippen LogP contribution in [0.2, 0.25) is 0 Å². The van der Waals surface area contributed by atoms with E-state index >= 15 is 0 Å².